The maximum Gasteiger partial charge on any atom is 0.251 e. The fraction of sp³-hybridized carbons (Fsp3) is 0.538. The average Bonchev–Trinajstić information content (AvgIpc) is 2.23. The third-order valence-electron chi connectivity index (χ3n) is 2.82. The van der Waals surface area contributed by atoms with Crippen molar-refractivity contribution in [3.8, 4) is 0 Å². The quantitative estimate of drug-likeness (QED) is 0.707. The minimum Gasteiger partial charge on any atom is -0.292 e. The molecule has 0 atom stereocenters. The lowest BCUT2D eigenvalue weighted by atomic mass is 10.0. The standard InChI is InChI=1S/C13H18ClF2N/c1-10-4-3-5-11(2)12(10)8-17(7-6-14)9-13(15)16/h3-5,13H,6-9H2,1-2H3. The Morgan fingerprint density at radius 3 is 2.29 bits per heavy atom. The fourth-order valence-electron chi connectivity index (χ4n) is 1.87. The number of hydrogen-bond donors (Lipinski definition) is 0. The summed E-state index contributed by atoms with van der Waals surface area (Å²) in [5.41, 5.74) is 3.40. The van der Waals surface area contributed by atoms with Crippen molar-refractivity contribution in [1.29, 1.82) is 0 Å². The number of benzene rings is 1. The van der Waals surface area contributed by atoms with E-state index in [-0.39, 0.29) is 6.54 Å². The molecule has 0 saturated heterocycles. The molecule has 0 aromatic heterocycles. The molecule has 1 nitrogen and oxygen atoms in total. The second-order valence-corrected chi connectivity index (χ2v) is 4.56. The summed E-state index contributed by atoms with van der Waals surface area (Å²) in [6, 6.07) is 5.99. The number of rotatable bonds is 6. The first-order chi connectivity index (χ1) is 8.04. The molecule has 0 aliphatic rings. The second-order valence-electron chi connectivity index (χ2n) is 4.19. The first-order valence-electron chi connectivity index (χ1n) is 5.66. The topological polar surface area (TPSA) is 3.24 Å². The molecule has 1 rings (SSSR count). The Morgan fingerprint density at radius 1 is 1.24 bits per heavy atom. The zero-order valence-corrected chi connectivity index (χ0v) is 11.0. The van der Waals surface area contributed by atoms with Crippen LogP contribution >= 0.6 is 11.6 Å². The molecule has 0 amide bonds. The number of nitrogens with zero attached hydrogens (tertiary/aromatic N) is 1. The minimum atomic E-state index is -2.32. The van der Waals surface area contributed by atoms with Gasteiger partial charge < -0.3 is 0 Å². The molecule has 0 bridgehead atoms. The molecular weight excluding hydrogens is 244 g/mol. The van der Waals surface area contributed by atoms with Crippen molar-refractivity contribution in [3.63, 3.8) is 0 Å². The first kappa shape index (κ1) is 14.4. The summed E-state index contributed by atoms with van der Waals surface area (Å²) in [4.78, 5) is 1.70. The summed E-state index contributed by atoms with van der Waals surface area (Å²) < 4.78 is 24.9. The Bertz CT molecular complexity index is 335. The maximum absolute atomic E-state index is 12.4. The third-order valence-corrected chi connectivity index (χ3v) is 2.99. The smallest absolute Gasteiger partial charge is 0.251 e. The highest BCUT2D eigenvalue weighted by atomic mass is 35.5. The van der Waals surface area contributed by atoms with E-state index in [2.05, 4.69) is 0 Å². The van der Waals surface area contributed by atoms with E-state index in [0.717, 1.165) is 16.7 Å². The Labute approximate surface area is 106 Å². The highest BCUT2D eigenvalue weighted by Gasteiger charge is 2.13. The zero-order valence-electron chi connectivity index (χ0n) is 10.2. The molecule has 0 radical (unpaired) electrons. The van der Waals surface area contributed by atoms with Crippen LogP contribution < -0.4 is 0 Å². The van der Waals surface area contributed by atoms with E-state index >= 15 is 0 Å². The molecule has 0 saturated carbocycles. The third kappa shape index (κ3) is 4.60. The van der Waals surface area contributed by atoms with Gasteiger partial charge in [0.05, 0.1) is 6.54 Å². The molecule has 0 aliphatic carbocycles. The summed E-state index contributed by atoms with van der Waals surface area (Å²) in [5.74, 6) is 0.373. The Hall–Kier alpha value is -0.670. The molecule has 0 spiro atoms. The van der Waals surface area contributed by atoms with Crippen molar-refractivity contribution in [1.82, 2.24) is 4.90 Å². The van der Waals surface area contributed by atoms with Gasteiger partial charge in [0, 0.05) is 19.0 Å². The van der Waals surface area contributed by atoms with Gasteiger partial charge >= 0.3 is 0 Å². The summed E-state index contributed by atoms with van der Waals surface area (Å²) >= 11 is 5.64. The van der Waals surface area contributed by atoms with Gasteiger partial charge in [-0.1, -0.05) is 18.2 Å². The van der Waals surface area contributed by atoms with Crippen LogP contribution in [0.4, 0.5) is 8.78 Å². The maximum atomic E-state index is 12.4. The Morgan fingerprint density at radius 2 is 1.82 bits per heavy atom. The highest BCUT2D eigenvalue weighted by Crippen LogP contribution is 2.16. The van der Waals surface area contributed by atoms with Crippen LogP contribution in [0.3, 0.4) is 0 Å². The van der Waals surface area contributed by atoms with Crippen LogP contribution in [0, 0.1) is 13.8 Å². The fourth-order valence-corrected chi connectivity index (χ4v) is 2.11. The van der Waals surface area contributed by atoms with Crippen LogP contribution in [-0.2, 0) is 6.54 Å². The van der Waals surface area contributed by atoms with Crippen LogP contribution in [-0.4, -0.2) is 30.3 Å². The summed E-state index contributed by atoms with van der Waals surface area (Å²) in [5, 5.41) is 0. The van der Waals surface area contributed by atoms with E-state index in [1.807, 2.05) is 32.0 Å². The van der Waals surface area contributed by atoms with Gasteiger partial charge in [0.15, 0.2) is 0 Å². The van der Waals surface area contributed by atoms with Crippen LogP contribution in [0.5, 0.6) is 0 Å². The van der Waals surface area contributed by atoms with Crippen molar-refractivity contribution >= 4 is 11.6 Å². The molecule has 0 fully saturated rings. The van der Waals surface area contributed by atoms with Gasteiger partial charge in [-0.2, -0.15) is 0 Å². The zero-order chi connectivity index (χ0) is 12.8. The molecule has 4 heteroatoms. The number of hydrogen-bond acceptors (Lipinski definition) is 1. The van der Waals surface area contributed by atoms with Gasteiger partial charge in [0.2, 0.25) is 0 Å². The van der Waals surface area contributed by atoms with E-state index < -0.39 is 6.43 Å². The monoisotopic (exact) mass is 261 g/mol. The molecule has 96 valence electrons. The van der Waals surface area contributed by atoms with E-state index in [1.165, 1.54) is 0 Å². The number of halogens is 3. The lowest BCUT2D eigenvalue weighted by Gasteiger charge is -2.22. The van der Waals surface area contributed by atoms with Crippen molar-refractivity contribution in [3.05, 3.63) is 34.9 Å². The van der Waals surface area contributed by atoms with E-state index in [4.69, 9.17) is 11.6 Å². The molecule has 0 heterocycles. The summed E-state index contributed by atoms with van der Waals surface area (Å²) in [6.45, 7) is 4.81. The van der Waals surface area contributed by atoms with E-state index in [9.17, 15) is 8.78 Å². The Kier molecular flexibility index (Phi) is 5.86. The largest absolute Gasteiger partial charge is 0.292 e. The van der Waals surface area contributed by atoms with E-state index in [1.54, 1.807) is 4.90 Å². The SMILES string of the molecule is Cc1cccc(C)c1CN(CCCl)CC(F)F. The number of aryl methyl sites for hydroxylation is 2. The first-order valence-corrected chi connectivity index (χ1v) is 6.19. The van der Waals surface area contributed by atoms with Gasteiger partial charge in [0.1, 0.15) is 0 Å². The van der Waals surface area contributed by atoms with Crippen molar-refractivity contribution in [2.45, 2.75) is 26.8 Å². The van der Waals surface area contributed by atoms with Gasteiger partial charge in [0.25, 0.3) is 6.43 Å². The lowest BCUT2D eigenvalue weighted by Crippen LogP contribution is -2.30. The Balaban J connectivity index is 2.78. The van der Waals surface area contributed by atoms with Crippen molar-refractivity contribution in [2.75, 3.05) is 19.0 Å². The molecule has 0 unspecified atom stereocenters. The van der Waals surface area contributed by atoms with Gasteiger partial charge in [-0.25, -0.2) is 8.78 Å². The van der Waals surface area contributed by atoms with Crippen LogP contribution in [0.15, 0.2) is 18.2 Å². The van der Waals surface area contributed by atoms with Crippen LogP contribution in [0.1, 0.15) is 16.7 Å². The van der Waals surface area contributed by atoms with Crippen molar-refractivity contribution < 1.29 is 8.78 Å². The van der Waals surface area contributed by atoms with Gasteiger partial charge in [-0.15, -0.1) is 11.6 Å². The second kappa shape index (κ2) is 6.92. The molecule has 1 aromatic rings. The lowest BCUT2D eigenvalue weighted by molar-refractivity contribution is 0.0876. The minimum absolute atomic E-state index is 0.222. The van der Waals surface area contributed by atoms with Crippen molar-refractivity contribution in [2.24, 2.45) is 0 Å². The van der Waals surface area contributed by atoms with Gasteiger partial charge in [-0.3, -0.25) is 4.90 Å². The molecule has 0 N–H and O–H groups in total. The molecular formula is C13H18ClF2N. The van der Waals surface area contributed by atoms with Crippen LogP contribution in [0.25, 0.3) is 0 Å². The molecule has 1 aromatic carbocycles. The van der Waals surface area contributed by atoms with E-state index in [0.29, 0.717) is 19.0 Å². The summed E-state index contributed by atoms with van der Waals surface area (Å²) in [7, 11) is 0. The average molecular weight is 262 g/mol. The molecule has 17 heavy (non-hydrogen) atoms. The van der Waals surface area contributed by atoms with Crippen LogP contribution in [0.2, 0.25) is 0 Å². The summed E-state index contributed by atoms with van der Waals surface area (Å²) in [6.07, 6.45) is -2.32. The number of alkyl halides is 3. The van der Waals surface area contributed by atoms with Gasteiger partial charge in [-0.05, 0) is 30.5 Å². The predicted octanol–water partition coefficient (Wildman–Crippen LogP) is 3.61. The predicted molar refractivity (Wildman–Crippen MR) is 67.9 cm³/mol. The molecule has 0 aliphatic heterocycles. The highest BCUT2D eigenvalue weighted by molar-refractivity contribution is 6.18. The normalized spacial score (nSPS) is 11.5.